The Bertz CT molecular complexity index is 123. The van der Waals surface area contributed by atoms with E-state index in [1.807, 2.05) is 13.8 Å². The molecule has 8 heavy (non-hydrogen) atoms. The molecule has 0 unspecified atom stereocenters. The van der Waals surface area contributed by atoms with E-state index >= 15 is 0 Å². The van der Waals surface area contributed by atoms with E-state index in [0.717, 1.165) is 0 Å². The quantitative estimate of drug-likeness (QED) is 0.476. The third-order valence-electron chi connectivity index (χ3n) is 0.813. The van der Waals surface area contributed by atoms with Gasteiger partial charge in [-0.25, -0.2) is 4.79 Å². The Balaban J connectivity index is 2.56. The lowest BCUT2D eigenvalue weighted by molar-refractivity contribution is 0.246. The van der Waals surface area contributed by atoms with Crippen molar-refractivity contribution in [1.29, 1.82) is 0 Å². The first-order chi connectivity index (χ1) is 3.60. The summed E-state index contributed by atoms with van der Waals surface area (Å²) in [6.07, 6.45) is 0. The van der Waals surface area contributed by atoms with Crippen molar-refractivity contribution in [2.75, 3.05) is 0 Å². The zero-order chi connectivity index (χ0) is 6.20. The second-order valence-corrected chi connectivity index (χ2v) is 3.60. The fraction of sp³-hybridized carbons (Fsp3) is 0.750. The van der Waals surface area contributed by atoms with Crippen LogP contribution in [0.1, 0.15) is 13.8 Å². The van der Waals surface area contributed by atoms with Gasteiger partial charge < -0.3 is 5.32 Å². The summed E-state index contributed by atoms with van der Waals surface area (Å²) in [5.41, 5.74) is 0. The molecule has 46 valence electrons. The SMILES string of the molecule is CC1(C)NC(=O)NS1. The normalized spacial score (nSPS) is 24.5. The Morgan fingerprint density at radius 1 is 1.62 bits per heavy atom. The summed E-state index contributed by atoms with van der Waals surface area (Å²) in [5.74, 6) is 0. The minimum Gasteiger partial charge on any atom is -0.322 e. The molecule has 0 bridgehead atoms. The number of rotatable bonds is 0. The lowest BCUT2D eigenvalue weighted by Gasteiger charge is -2.11. The maximum Gasteiger partial charge on any atom is 0.325 e. The molecule has 0 radical (unpaired) electrons. The third-order valence-corrected chi connectivity index (χ3v) is 1.71. The van der Waals surface area contributed by atoms with Crippen molar-refractivity contribution in [2.45, 2.75) is 18.7 Å². The molecule has 0 aromatic heterocycles. The highest BCUT2D eigenvalue weighted by Crippen LogP contribution is 2.21. The number of amides is 2. The van der Waals surface area contributed by atoms with Crippen molar-refractivity contribution in [2.24, 2.45) is 0 Å². The summed E-state index contributed by atoms with van der Waals surface area (Å²) in [7, 11) is 0. The van der Waals surface area contributed by atoms with Crippen LogP contribution in [0.25, 0.3) is 0 Å². The summed E-state index contributed by atoms with van der Waals surface area (Å²) in [4.78, 5) is 10.3. The molecular weight excluding hydrogens is 124 g/mol. The lowest BCUT2D eigenvalue weighted by Crippen LogP contribution is -2.33. The molecule has 3 nitrogen and oxygen atoms in total. The van der Waals surface area contributed by atoms with Crippen LogP contribution in [0.3, 0.4) is 0 Å². The van der Waals surface area contributed by atoms with Gasteiger partial charge in [-0.15, -0.1) is 0 Å². The molecule has 2 amide bonds. The second kappa shape index (κ2) is 1.55. The number of urea groups is 1. The highest BCUT2D eigenvalue weighted by molar-refractivity contribution is 7.99. The molecular formula is C4H8N2OS. The topological polar surface area (TPSA) is 41.1 Å². The predicted octanol–water partition coefficient (Wildman–Crippen LogP) is 0.683. The Kier molecular flexibility index (Phi) is 1.11. The first-order valence-corrected chi connectivity index (χ1v) is 3.18. The summed E-state index contributed by atoms with van der Waals surface area (Å²) in [6, 6.07) is -0.0972. The zero-order valence-electron chi connectivity index (χ0n) is 4.82. The van der Waals surface area contributed by atoms with Crippen LogP contribution in [0.15, 0.2) is 0 Å². The van der Waals surface area contributed by atoms with Crippen molar-refractivity contribution in [3.63, 3.8) is 0 Å². The molecule has 1 aliphatic heterocycles. The molecule has 4 heteroatoms. The summed E-state index contributed by atoms with van der Waals surface area (Å²) in [5, 5.41) is 2.71. The van der Waals surface area contributed by atoms with Gasteiger partial charge in [-0.3, -0.25) is 4.72 Å². The van der Waals surface area contributed by atoms with Crippen molar-refractivity contribution < 1.29 is 4.79 Å². The largest absolute Gasteiger partial charge is 0.325 e. The van der Waals surface area contributed by atoms with Gasteiger partial charge >= 0.3 is 6.03 Å². The van der Waals surface area contributed by atoms with E-state index < -0.39 is 0 Å². The Morgan fingerprint density at radius 3 is 2.38 bits per heavy atom. The average Bonchev–Trinajstić information content (AvgIpc) is 1.82. The molecule has 0 saturated carbocycles. The Hall–Kier alpha value is -0.380. The second-order valence-electron chi connectivity index (χ2n) is 2.17. The fourth-order valence-corrected chi connectivity index (χ4v) is 1.04. The van der Waals surface area contributed by atoms with Gasteiger partial charge in [0.05, 0.1) is 0 Å². The van der Waals surface area contributed by atoms with E-state index in [9.17, 15) is 4.79 Å². The molecule has 2 N–H and O–H groups in total. The third kappa shape index (κ3) is 1.06. The standard InChI is InChI=1S/C4H8N2OS/c1-4(2)5-3(7)6-8-4/h1-2H3,(H2,5,6,7). The molecule has 1 fully saturated rings. The molecule has 0 aromatic rings. The Labute approximate surface area is 52.3 Å². The molecule has 1 saturated heterocycles. The van der Waals surface area contributed by atoms with Crippen molar-refractivity contribution >= 4 is 18.0 Å². The smallest absolute Gasteiger partial charge is 0.322 e. The summed E-state index contributed by atoms with van der Waals surface area (Å²) >= 11 is 1.40. The van der Waals surface area contributed by atoms with Gasteiger partial charge in [-0.1, -0.05) is 0 Å². The fourth-order valence-electron chi connectivity index (χ4n) is 0.498. The van der Waals surface area contributed by atoms with E-state index in [1.165, 1.54) is 11.9 Å². The van der Waals surface area contributed by atoms with Gasteiger partial charge in [0.2, 0.25) is 0 Å². The highest BCUT2D eigenvalue weighted by Gasteiger charge is 2.28. The van der Waals surface area contributed by atoms with Gasteiger partial charge in [0, 0.05) is 0 Å². The predicted molar refractivity (Wildman–Crippen MR) is 33.3 cm³/mol. The van der Waals surface area contributed by atoms with Crippen LogP contribution in [0.4, 0.5) is 4.79 Å². The van der Waals surface area contributed by atoms with Crippen molar-refractivity contribution in [3.8, 4) is 0 Å². The monoisotopic (exact) mass is 132 g/mol. The number of nitrogens with one attached hydrogen (secondary N) is 2. The van der Waals surface area contributed by atoms with E-state index in [2.05, 4.69) is 10.0 Å². The minimum absolute atomic E-state index is 0.0972. The van der Waals surface area contributed by atoms with Crippen LogP contribution in [-0.2, 0) is 0 Å². The minimum atomic E-state index is -0.128. The van der Waals surface area contributed by atoms with Crippen LogP contribution in [0, 0.1) is 0 Å². The lowest BCUT2D eigenvalue weighted by atomic mass is 10.4. The van der Waals surface area contributed by atoms with E-state index in [-0.39, 0.29) is 10.9 Å². The number of carbonyl (C=O) groups excluding carboxylic acids is 1. The van der Waals surface area contributed by atoms with E-state index in [4.69, 9.17) is 0 Å². The average molecular weight is 132 g/mol. The molecule has 0 aromatic carbocycles. The number of carbonyl (C=O) groups is 1. The van der Waals surface area contributed by atoms with Crippen LogP contribution in [-0.4, -0.2) is 10.9 Å². The Morgan fingerprint density at radius 2 is 2.25 bits per heavy atom. The van der Waals surface area contributed by atoms with Gasteiger partial charge in [0.1, 0.15) is 4.87 Å². The molecule has 1 heterocycles. The van der Waals surface area contributed by atoms with Crippen LogP contribution in [0.2, 0.25) is 0 Å². The number of hydrogen-bond acceptors (Lipinski definition) is 2. The van der Waals surface area contributed by atoms with Crippen LogP contribution >= 0.6 is 11.9 Å². The highest BCUT2D eigenvalue weighted by atomic mass is 32.2. The van der Waals surface area contributed by atoms with Crippen molar-refractivity contribution in [1.82, 2.24) is 10.0 Å². The molecule has 0 aliphatic carbocycles. The van der Waals surface area contributed by atoms with Gasteiger partial charge in [-0.2, -0.15) is 0 Å². The maximum atomic E-state index is 10.4. The van der Waals surface area contributed by atoms with Crippen LogP contribution in [0.5, 0.6) is 0 Å². The number of hydrogen-bond donors (Lipinski definition) is 2. The maximum absolute atomic E-state index is 10.4. The molecule has 0 atom stereocenters. The molecule has 1 aliphatic rings. The van der Waals surface area contributed by atoms with Crippen LogP contribution < -0.4 is 10.0 Å². The van der Waals surface area contributed by atoms with E-state index in [0.29, 0.717) is 0 Å². The first kappa shape index (κ1) is 5.75. The molecule has 0 spiro atoms. The van der Waals surface area contributed by atoms with Gasteiger partial charge in [-0.05, 0) is 25.8 Å². The summed E-state index contributed by atoms with van der Waals surface area (Å²) < 4.78 is 2.58. The summed E-state index contributed by atoms with van der Waals surface area (Å²) in [6.45, 7) is 3.88. The van der Waals surface area contributed by atoms with Gasteiger partial charge in [0.25, 0.3) is 0 Å². The first-order valence-electron chi connectivity index (χ1n) is 2.36. The van der Waals surface area contributed by atoms with E-state index in [1.54, 1.807) is 0 Å². The van der Waals surface area contributed by atoms with Crippen molar-refractivity contribution in [3.05, 3.63) is 0 Å². The molecule has 1 rings (SSSR count). The van der Waals surface area contributed by atoms with Gasteiger partial charge in [0.15, 0.2) is 0 Å². The zero-order valence-corrected chi connectivity index (χ0v) is 5.63.